The molecular weight excluding hydrogens is 260 g/mol. The molecular formula is C18H24N2O. The second kappa shape index (κ2) is 5.45. The van der Waals surface area contributed by atoms with Crippen molar-refractivity contribution < 1.29 is 4.79 Å². The van der Waals surface area contributed by atoms with Crippen molar-refractivity contribution in [1.82, 2.24) is 10.2 Å². The third-order valence-corrected chi connectivity index (χ3v) is 5.76. The Kier molecular flexibility index (Phi) is 3.46. The van der Waals surface area contributed by atoms with Gasteiger partial charge in [0.25, 0.3) is 0 Å². The van der Waals surface area contributed by atoms with Crippen LogP contribution in [0.3, 0.4) is 0 Å². The van der Waals surface area contributed by atoms with Gasteiger partial charge >= 0.3 is 0 Å². The van der Waals surface area contributed by atoms with Crippen LogP contribution in [0.4, 0.5) is 0 Å². The predicted molar refractivity (Wildman–Crippen MR) is 82.6 cm³/mol. The molecule has 1 amide bonds. The summed E-state index contributed by atoms with van der Waals surface area (Å²) in [5.41, 5.74) is 1.24. The number of amides is 1. The highest BCUT2D eigenvalue weighted by Crippen LogP contribution is 2.48. The average molecular weight is 284 g/mol. The minimum absolute atomic E-state index is 0.0222. The van der Waals surface area contributed by atoms with Crippen LogP contribution in [0.25, 0.3) is 0 Å². The lowest BCUT2D eigenvalue weighted by Gasteiger charge is -2.26. The van der Waals surface area contributed by atoms with Crippen LogP contribution < -0.4 is 5.32 Å². The number of carbonyl (C=O) groups is 1. The summed E-state index contributed by atoms with van der Waals surface area (Å²) in [7, 11) is 0. The zero-order chi connectivity index (χ0) is 14.2. The lowest BCUT2D eigenvalue weighted by atomic mass is 9.88. The Balaban J connectivity index is 1.35. The van der Waals surface area contributed by atoms with Crippen LogP contribution in [-0.4, -0.2) is 30.1 Å². The number of fused-ring (bicyclic) bond motifs is 2. The smallest absolute Gasteiger partial charge is 0.241 e. The Morgan fingerprint density at radius 3 is 2.71 bits per heavy atom. The SMILES string of the molecule is O=C1C(Cc2ccccc2)NCN1CC1CC2CCC1C2. The largest absolute Gasteiger partial charge is 0.328 e. The Morgan fingerprint density at radius 2 is 2.00 bits per heavy atom. The van der Waals surface area contributed by atoms with Crippen LogP contribution in [0.15, 0.2) is 30.3 Å². The highest BCUT2D eigenvalue weighted by molar-refractivity contribution is 5.84. The van der Waals surface area contributed by atoms with Crippen molar-refractivity contribution in [3.8, 4) is 0 Å². The minimum Gasteiger partial charge on any atom is -0.328 e. The second-order valence-corrected chi connectivity index (χ2v) is 7.10. The Morgan fingerprint density at radius 1 is 1.14 bits per heavy atom. The van der Waals surface area contributed by atoms with Gasteiger partial charge in [0, 0.05) is 6.54 Å². The summed E-state index contributed by atoms with van der Waals surface area (Å²) in [4.78, 5) is 14.6. The molecule has 2 aliphatic carbocycles. The van der Waals surface area contributed by atoms with Crippen molar-refractivity contribution in [2.45, 2.75) is 38.1 Å². The van der Waals surface area contributed by atoms with Crippen molar-refractivity contribution in [2.24, 2.45) is 17.8 Å². The first-order chi connectivity index (χ1) is 10.3. The average Bonchev–Trinajstić information content (AvgIpc) is 3.20. The van der Waals surface area contributed by atoms with E-state index in [4.69, 9.17) is 0 Å². The van der Waals surface area contributed by atoms with Crippen LogP contribution in [-0.2, 0) is 11.2 Å². The van der Waals surface area contributed by atoms with Gasteiger partial charge in [0.2, 0.25) is 5.91 Å². The third kappa shape index (κ3) is 2.59. The molecule has 1 aromatic carbocycles. The number of hydrogen-bond donors (Lipinski definition) is 1. The fourth-order valence-electron chi connectivity index (χ4n) is 4.65. The molecule has 1 N–H and O–H groups in total. The molecule has 1 heterocycles. The lowest BCUT2D eigenvalue weighted by Crippen LogP contribution is -2.36. The van der Waals surface area contributed by atoms with Gasteiger partial charge in [-0.2, -0.15) is 0 Å². The van der Waals surface area contributed by atoms with Crippen LogP contribution >= 0.6 is 0 Å². The number of carbonyl (C=O) groups excluding carboxylic acids is 1. The summed E-state index contributed by atoms with van der Waals surface area (Å²) in [6.07, 6.45) is 6.43. The molecule has 3 nitrogen and oxygen atoms in total. The van der Waals surface area contributed by atoms with E-state index in [0.29, 0.717) is 5.91 Å². The quantitative estimate of drug-likeness (QED) is 0.921. The van der Waals surface area contributed by atoms with Crippen LogP contribution in [0.1, 0.15) is 31.2 Å². The number of nitrogens with zero attached hydrogens (tertiary/aromatic N) is 1. The molecule has 112 valence electrons. The van der Waals surface area contributed by atoms with E-state index < -0.39 is 0 Å². The number of benzene rings is 1. The molecule has 1 saturated heterocycles. The van der Waals surface area contributed by atoms with Gasteiger partial charge in [0.15, 0.2) is 0 Å². The zero-order valence-corrected chi connectivity index (χ0v) is 12.5. The van der Waals surface area contributed by atoms with Gasteiger partial charge in [-0.1, -0.05) is 36.8 Å². The number of hydrogen-bond acceptors (Lipinski definition) is 2. The van der Waals surface area contributed by atoms with Crippen LogP contribution in [0.2, 0.25) is 0 Å². The van der Waals surface area contributed by atoms with Crippen molar-refractivity contribution in [1.29, 1.82) is 0 Å². The summed E-state index contributed by atoms with van der Waals surface area (Å²) < 4.78 is 0. The van der Waals surface area contributed by atoms with E-state index in [-0.39, 0.29) is 6.04 Å². The van der Waals surface area contributed by atoms with Gasteiger partial charge in [-0.3, -0.25) is 10.1 Å². The Labute approximate surface area is 126 Å². The standard InChI is InChI=1S/C18H24N2O/c21-18-17(10-13-4-2-1-3-5-13)19-12-20(18)11-16-9-14-6-7-15(16)8-14/h1-5,14-17,19H,6-12H2. The first-order valence-electron chi connectivity index (χ1n) is 8.35. The van der Waals surface area contributed by atoms with E-state index in [1.165, 1.54) is 31.2 Å². The van der Waals surface area contributed by atoms with Gasteiger partial charge < -0.3 is 4.90 Å². The van der Waals surface area contributed by atoms with Crippen molar-refractivity contribution in [3.05, 3.63) is 35.9 Å². The summed E-state index contributed by atoms with van der Waals surface area (Å²) >= 11 is 0. The molecule has 0 radical (unpaired) electrons. The molecule has 1 aromatic rings. The normalized spacial score (nSPS) is 34.9. The molecule has 1 aliphatic heterocycles. The van der Waals surface area contributed by atoms with Gasteiger partial charge in [-0.25, -0.2) is 0 Å². The maximum atomic E-state index is 12.6. The van der Waals surface area contributed by atoms with Crippen molar-refractivity contribution in [3.63, 3.8) is 0 Å². The molecule has 2 bridgehead atoms. The maximum absolute atomic E-state index is 12.6. The van der Waals surface area contributed by atoms with E-state index in [9.17, 15) is 4.79 Å². The Hall–Kier alpha value is -1.35. The zero-order valence-electron chi connectivity index (χ0n) is 12.5. The van der Waals surface area contributed by atoms with E-state index in [2.05, 4.69) is 22.3 Å². The maximum Gasteiger partial charge on any atom is 0.241 e. The second-order valence-electron chi connectivity index (χ2n) is 7.10. The summed E-state index contributed by atoms with van der Waals surface area (Å²) in [5, 5.41) is 3.40. The molecule has 2 saturated carbocycles. The number of nitrogens with one attached hydrogen (secondary N) is 1. The summed E-state index contributed by atoms with van der Waals surface area (Å²) in [5.74, 6) is 2.94. The van der Waals surface area contributed by atoms with E-state index >= 15 is 0 Å². The fraction of sp³-hybridized carbons (Fsp3) is 0.611. The summed E-state index contributed by atoms with van der Waals surface area (Å²) in [6, 6.07) is 10.3. The van der Waals surface area contributed by atoms with Crippen molar-refractivity contribution in [2.75, 3.05) is 13.2 Å². The van der Waals surface area contributed by atoms with Crippen molar-refractivity contribution >= 4 is 5.91 Å². The number of rotatable bonds is 4. The van der Waals surface area contributed by atoms with Gasteiger partial charge in [0.1, 0.15) is 0 Å². The molecule has 4 atom stereocenters. The topological polar surface area (TPSA) is 32.3 Å². The molecule has 21 heavy (non-hydrogen) atoms. The molecule has 3 heteroatoms. The predicted octanol–water partition coefficient (Wildman–Crippen LogP) is 2.42. The lowest BCUT2D eigenvalue weighted by molar-refractivity contribution is -0.129. The third-order valence-electron chi connectivity index (χ3n) is 5.76. The van der Waals surface area contributed by atoms with Gasteiger partial charge in [-0.05, 0) is 49.0 Å². The molecule has 3 fully saturated rings. The van der Waals surface area contributed by atoms with E-state index in [1.807, 2.05) is 18.2 Å². The van der Waals surface area contributed by atoms with Gasteiger partial charge in [-0.15, -0.1) is 0 Å². The highest BCUT2D eigenvalue weighted by Gasteiger charge is 2.42. The minimum atomic E-state index is -0.0222. The van der Waals surface area contributed by atoms with Gasteiger partial charge in [0.05, 0.1) is 12.7 Å². The molecule has 3 aliphatic rings. The molecule has 0 spiro atoms. The Bertz CT molecular complexity index is 515. The van der Waals surface area contributed by atoms with Crippen LogP contribution in [0, 0.1) is 17.8 Å². The first-order valence-corrected chi connectivity index (χ1v) is 8.35. The molecule has 4 rings (SSSR count). The molecule has 0 aromatic heterocycles. The highest BCUT2D eigenvalue weighted by atomic mass is 16.2. The monoisotopic (exact) mass is 284 g/mol. The van der Waals surface area contributed by atoms with Crippen LogP contribution in [0.5, 0.6) is 0 Å². The summed E-state index contributed by atoms with van der Waals surface area (Å²) in [6.45, 7) is 1.72. The van der Waals surface area contributed by atoms with E-state index in [0.717, 1.165) is 37.4 Å². The molecule has 4 unspecified atom stereocenters. The first kappa shape index (κ1) is 13.3. The van der Waals surface area contributed by atoms with E-state index in [1.54, 1.807) is 0 Å². The fourth-order valence-corrected chi connectivity index (χ4v) is 4.65.